The van der Waals surface area contributed by atoms with Crippen LogP contribution in [0.15, 0.2) is 40.9 Å². The second-order valence-corrected chi connectivity index (χ2v) is 5.46. The van der Waals surface area contributed by atoms with Gasteiger partial charge in [0.1, 0.15) is 5.75 Å². The van der Waals surface area contributed by atoms with Crippen molar-refractivity contribution in [2.24, 2.45) is 0 Å². The zero-order valence-corrected chi connectivity index (χ0v) is 14.8. The number of benzene rings is 2. The van der Waals surface area contributed by atoms with Gasteiger partial charge in [-0.2, -0.15) is 0 Å². The Labute approximate surface area is 143 Å². The molecule has 0 spiro atoms. The number of halogens is 1. The summed E-state index contributed by atoms with van der Waals surface area (Å²) < 4.78 is 16.6. The number of amides is 1. The van der Waals surface area contributed by atoms with Crippen LogP contribution >= 0.6 is 15.9 Å². The van der Waals surface area contributed by atoms with Gasteiger partial charge in [-0.3, -0.25) is 4.79 Å². The molecule has 0 unspecified atom stereocenters. The van der Waals surface area contributed by atoms with Crippen LogP contribution in [-0.2, 0) is 0 Å². The van der Waals surface area contributed by atoms with Gasteiger partial charge < -0.3 is 19.5 Å². The molecule has 23 heavy (non-hydrogen) atoms. The van der Waals surface area contributed by atoms with E-state index in [2.05, 4.69) is 21.2 Å². The van der Waals surface area contributed by atoms with Gasteiger partial charge in [0.25, 0.3) is 5.91 Å². The Bertz CT molecular complexity index is 703. The lowest BCUT2D eigenvalue weighted by Gasteiger charge is -2.12. The molecule has 0 saturated heterocycles. The maximum absolute atomic E-state index is 12.3. The average molecular weight is 380 g/mol. The van der Waals surface area contributed by atoms with Crippen molar-refractivity contribution in [1.82, 2.24) is 0 Å². The number of carbonyl (C=O) groups is 1. The summed E-state index contributed by atoms with van der Waals surface area (Å²) in [6, 6.07) is 10.4. The SMILES string of the molecule is CCOc1ccc(NC(=O)c2ccc(OC)c(Br)c2)cc1OC. The molecule has 0 heterocycles. The van der Waals surface area contributed by atoms with E-state index in [9.17, 15) is 4.79 Å². The molecule has 2 aromatic rings. The summed E-state index contributed by atoms with van der Waals surface area (Å²) in [5.41, 5.74) is 1.15. The summed E-state index contributed by atoms with van der Waals surface area (Å²) in [5, 5.41) is 2.83. The molecular weight excluding hydrogens is 362 g/mol. The second-order valence-electron chi connectivity index (χ2n) is 4.60. The molecule has 0 aliphatic heterocycles. The van der Waals surface area contributed by atoms with E-state index in [1.807, 2.05) is 6.92 Å². The molecule has 0 atom stereocenters. The lowest BCUT2D eigenvalue weighted by Crippen LogP contribution is -2.12. The van der Waals surface area contributed by atoms with Crippen LogP contribution in [0.25, 0.3) is 0 Å². The highest BCUT2D eigenvalue weighted by atomic mass is 79.9. The fourth-order valence-corrected chi connectivity index (χ4v) is 2.57. The zero-order chi connectivity index (χ0) is 16.8. The van der Waals surface area contributed by atoms with E-state index in [0.717, 1.165) is 4.47 Å². The molecule has 0 fully saturated rings. The van der Waals surface area contributed by atoms with Crippen LogP contribution in [0.3, 0.4) is 0 Å². The first kappa shape index (κ1) is 17.1. The van der Waals surface area contributed by atoms with E-state index >= 15 is 0 Å². The number of carbonyl (C=O) groups excluding carboxylic acids is 1. The quantitative estimate of drug-likeness (QED) is 0.819. The molecule has 2 rings (SSSR count). The molecule has 0 saturated carbocycles. The second kappa shape index (κ2) is 7.87. The van der Waals surface area contributed by atoms with E-state index in [1.165, 1.54) is 0 Å². The molecule has 0 bridgehead atoms. The number of hydrogen-bond acceptors (Lipinski definition) is 4. The van der Waals surface area contributed by atoms with Crippen molar-refractivity contribution in [2.45, 2.75) is 6.92 Å². The van der Waals surface area contributed by atoms with Gasteiger partial charge in [-0.1, -0.05) is 0 Å². The van der Waals surface area contributed by atoms with Crippen LogP contribution in [0.4, 0.5) is 5.69 Å². The lowest BCUT2D eigenvalue weighted by atomic mass is 10.2. The number of nitrogens with one attached hydrogen (secondary N) is 1. The van der Waals surface area contributed by atoms with Crippen LogP contribution in [0.5, 0.6) is 17.2 Å². The van der Waals surface area contributed by atoms with Crippen molar-refractivity contribution in [3.8, 4) is 17.2 Å². The predicted molar refractivity (Wildman–Crippen MR) is 92.8 cm³/mol. The molecule has 5 nitrogen and oxygen atoms in total. The third-order valence-corrected chi connectivity index (χ3v) is 3.76. The smallest absolute Gasteiger partial charge is 0.255 e. The van der Waals surface area contributed by atoms with E-state index in [4.69, 9.17) is 14.2 Å². The number of methoxy groups -OCH3 is 2. The summed E-state index contributed by atoms with van der Waals surface area (Å²) in [7, 11) is 3.14. The first-order chi connectivity index (χ1) is 11.1. The van der Waals surface area contributed by atoms with E-state index in [0.29, 0.717) is 35.1 Å². The molecule has 0 aliphatic carbocycles. The summed E-state index contributed by atoms with van der Waals surface area (Å²) in [4.78, 5) is 12.3. The third kappa shape index (κ3) is 4.16. The van der Waals surface area contributed by atoms with Crippen LogP contribution < -0.4 is 19.5 Å². The van der Waals surface area contributed by atoms with Crippen LogP contribution in [0.2, 0.25) is 0 Å². The van der Waals surface area contributed by atoms with Crippen LogP contribution in [-0.4, -0.2) is 26.7 Å². The van der Waals surface area contributed by atoms with Gasteiger partial charge in [0.2, 0.25) is 0 Å². The van der Waals surface area contributed by atoms with Gasteiger partial charge in [-0.15, -0.1) is 0 Å². The Morgan fingerprint density at radius 2 is 1.74 bits per heavy atom. The third-order valence-electron chi connectivity index (χ3n) is 3.14. The molecular formula is C17H18BrNO4. The minimum atomic E-state index is -0.223. The molecule has 1 amide bonds. The maximum atomic E-state index is 12.3. The van der Waals surface area contributed by atoms with Crippen molar-refractivity contribution in [1.29, 1.82) is 0 Å². The van der Waals surface area contributed by atoms with Crippen LogP contribution in [0.1, 0.15) is 17.3 Å². The summed E-state index contributed by atoms with van der Waals surface area (Å²) in [5.74, 6) is 1.66. The van der Waals surface area contributed by atoms with Gasteiger partial charge in [0.15, 0.2) is 11.5 Å². The summed E-state index contributed by atoms with van der Waals surface area (Å²) in [6.07, 6.45) is 0. The largest absolute Gasteiger partial charge is 0.496 e. The Kier molecular flexibility index (Phi) is 5.87. The fraction of sp³-hybridized carbons (Fsp3) is 0.235. The van der Waals surface area contributed by atoms with Crippen molar-refractivity contribution in [2.75, 3.05) is 26.1 Å². The molecule has 2 aromatic carbocycles. The molecule has 122 valence electrons. The predicted octanol–water partition coefficient (Wildman–Crippen LogP) is 4.12. The van der Waals surface area contributed by atoms with Gasteiger partial charge in [0, 0.05) is 17.3 Å². The van der Waals surface area contributed by atoms with Gasteiger partial charge in [-0.25, -0.2) is 0 Å². The molecule has 0 radical (unpaired) electrons. The normalized spacial score (nSPS) is 10.1. The maximum Gasteiger partial charge on any atom is 0.255 e. The Morgan fingerprint density at radius 1 is 1.04 bits per heavy atom. The average Bonchev–Trinajstić information content (AvgIpc) is 2.56. The summed E-state index contributed by atoms with van der Waals surface area (Å²) in [6.45, 7) is 2.44. The van der Waals surface area contributed by atoms with Crippen molar-refractivity contribution in [3.05, 3.63) is 46.4 Å². The fourth-order valence-electron chi connectivity index (χ4n) is 2.03. The number of ether oxygens (including phenoxy) is 3. The zero-order valence-electron chi connectivity index (χ0n) is 13.2. The van der Waals surface area contributed by atoms with Crippen molar-refractivity contribution in [3.63, 3.8) is 0 Å². The number of rotatable bonds is 6. The standard InChI is InChI=1S/C17H18BrNO4/c1-4-23-15-8-6-12(10-16(15)22-3)19-17(20)11-5-7-14(21-2)13(18)9-11/h5-10H,4H2,1-3H3,(H,19,20). The lowest BCUT2D eigenvalue weighted by molar-refractivity contribution is 0.102. The van der Waals surface area contributed by atoms with Gasteiger partial charge in [0.05, 0.1) is 25.3 Å². The van der Waals surface area contributed by atoms with Gasteiger partial charge in [-0.05, 0) is 53.2 Å². The molecule has 6 heteroatoms. The van der Waals surface area contributed by atoms with E-state index < -0.39 is 0 Å². The monoisotopic (exact) mass is 379 g/mol. The Hall–Kier alpha value is -2.21. The number of hydrogen-bond donors (Lipinski definition) is 1. The van der Waals surface area contributed by atoms with Crippen LogP contribution in [0, 0.1) is 0 Å². The summed E-state index contributed by atoms with van der Waals surface area (Å²) >= 11 is 3.37. The minimum absolute atomic E-state index is 0.223. The molecule has 0 aromatic heterocycles. The molecule has 0 aliphatic rings. The van der Waals surface area contributed by atoms with Crippen molar-refractivity contribution < 1.29 is 19.0 Å². The topological polar surface area (TPSA) is 56.8 Å². The Balaban J connectivity index is 2.18. The first-order valence-electron chi connectivity index (χ1n) is 7.04. The highest BCUT2D eigenvalue weighted by Crippen LogP contribution is 2.31. The molecule has 1 N–H and O–H groups in total. The highest BCUT2D eigenvalue weighted by molar-refractivity contribution is 9.10. The van der Waals surface area contributed by atoms with E-state index in [-0.39, 0.29) is 5.91 Å². The highest BCUT2D eigenvalue weighted by Gasteiger charge is 2.11. The number of anilines is 1. The van der Waals surface area contributed by atoms with E-state index in [1.54, 1.807) is 50.6 Å². The van der Waals surface area contributed by atoms with Gasteiger partial charge >= 0.3 is 0 Å². The first-order valence-corrected chi connectivity index (χ1v) is 7.84. The Morgan fingerprint density at radius 3 is 2.35 bits per heavy atom. The minimum Gasteiger partial charge on any atom is -0.496 e. The van der Waals surface area contributed by atoms with Crippen molar-refractivity contribution >= 4 is 27.5 Å².